The summed E-state index contributed by atoms with van der Waals surface area (Å²) in [4.78, 5) is 24.4. The maximum Gasteiger partial charge on any atom is 0.317 e. The second-order valence-electron chi connectivity index (χ2n) is 4.28. The Morgan fingerprint density at radius 2 is 2.39 bits per heavy atom. The Balaban J connectivity index is 2.57. The zero-order chi connectivity index (χ0) is 13.5. The predicted molar refractivity (Wildman–Crippen MR) is 71.5 cm³/mol. The minimum Gasteiger partial charge on any atom is -0.481 e. The van der Waals surface area contributed by atoms with Crippen molar-refractivity contribution in [3.05, 3.63) is 0 Å². The number of carbonyl (C=O) groups is 2. The number of carboxylic acid groups (broad SMARTS) is 1. The number of hydrogen-bond acceptors (Lipinski definition) is 3. The van der Waals surface area contributed by atoms with Crippen LogP contribution in [-0.2, 0) is 4.79 Å². The van der Waals surface area contributed by atoms with Gasteiger partial charge in [-0.25, -0.2) is 4.79 Å². The van der Waals surface area contributed by atoms with Gasteiger partial charge in [0.1, 0.15) is 0 Å². The first-order valence-corrected chi connectivity index (χ1v) is 7.00. The molecule has 1 aliphatic heterocycles. The molecular weight excluding hydrogens is 252 g/mol. The first kappa shape index (κ1) is 14.7. The molecule has 1 fully saturated rings. The van der Waals surface area contributed by atoms with Crippen molar-refractivity contribution in [1.82, 2.24) is 10.2 Å². The van der Waals surface area contributed by atoms with Gasteiger partial charge < -0.3 is 15.3 Å². The molecule has 1 aliphatic rings. The van der Waals surface area contributed by atoms with Gasteiger partial charge in [0.25, 0.3) is 0 Å². The molecule has 6 heteroatoms. The van der Waals surface area contributed by atoms with Gasteiger partial charge in [0.05, 0.1) is 12.5 Å². The summed E-state index contributed by atoms with van der Waals surface area (Å²) in [5.74, 6) is 3.12. The molecule has 0 aliphatic carbocycles. The van der Waals surface area contributed by atoms with E-state index in [0.717, 1.165) is 5.75 Å². The van der Waals surface area contributed by atoms with Gasteiger partial charge in [-0.2, -0.15) is 11.8 Å². The number of urea groups is 1. The fourth-order valence-electron chi connectivity index (χ4n) is 1.81. The van der Waals surface area contributed by atoms with Crippen LogP contribution in [0, 0.1) is 12.3 Å². The molecule has 0 bridgehead atoms. The zero-order valence-corrected chi connectivity index (χ0v) is 11.2. The van der Waals surface area contributed by atoms with Gasteiger partial charge in [-0.3, -0.25) is 4.79 Å². The fraction of sp³-hybridized carbons (Fsp3) is 0.667. The molecule has 0 saturated carbocycles. The Bertz CT molecular complexity index is 354. The van der Waals surface area contributed by atoms with Crippen molar-refractivity contribution in [2.24, 2.45) is 0 Å². The van der Waals surface area contributed by atoms with E-state index in [0.29, 0.717) is 18.7 Å². The van der Waals surface area contributed by atoms with Gasteiger partial charge in [-0.1, -0.05) is 0 Å². The third kappa shape index (κ3) is 4.49. The second-order valence-corrected chi connectivity index (χ2v) is 5.43. The van der Waals surface area contributed by atoms with Crippen molar-refractivity contribution in [3.8, 4) is 12.3 Å². The molecule has 2 N–H and O–H groups in total. The van der Waals surface area contributed by atoms with Crippen LogP contribution in [0.4, 0.5) is 4.79 Å². The van der Waals surface area contributed by atoms with E-state index >= 15 is 0 Å². The highest BCUT2D eigenvalue weighted by molar-refractivity contribution is 7.99. The topological polar surface area (TPSA) is 69.6 Å². The SMILES string of the molecule is C#CCC(C)NC(=O)N1CCSCC1CC(=O)O. The molecular formula is C12H18N2O3S. The molecule has 0 aromatic carbocycles. The van der Waals surface area contributed by atoms with E-state index in [-0.39, 0.29) is 24.5 Å². The number of hydrogen-bond donors (Lipinski definition) is 2. The normalized spacial score (nSPS) is 20.9. The lowest BCUT2D eigenvalue weighted by molar-refractivity contribution is -0.137. The number of nitrogens with zero attached hydrogens (tertiary/aromatic N) is 1. The molecule has 2 unspecified atom stereocenters. The number of amides is 2. The fourth-order valence-corrected chi connectivity index (χ4v) is 2.88. The monoisotopic (exact) mass is 270 g/mol. The van der Waals surface area contributed by atoms with Crippen LogP contribution in [0.25, 0.3) is 0 Å². The first-order chi connectivity index (χ1) is 8.54. The minimum absolute atomic E-state index is 0.00998. The first-order valence-electron chi connectivity index (χ1n) is 5.84. The van der Waals surface area contributed by atoms with Gasteiger partial charge in [-0.15, -0.1) is 12.3 Å². The van der Waals surface area contributed by atoms with Crippen LogP contribution in [0.2, 0.25) is 0 Å². The molecule has 0 spiro atoms. The van der Waals surface area contributed by atoms with Gasteiger partial charge in [0, 0.05) is 30.5 Å². The maximum atomic E-state index is 12.0. The lowest BCUT2D eigenvalue weighted by Crippen LogP contribution is -2.52. The van der Waals surface area contributed by atoms with Crippen molar-refractivity contribution in [3.63, 3.8) is 0 Å². The highest BCUT2D eigenvalue weighted by atomic mass is 32.2. The molecule has 1 rings (SSSR count). The Morgan fingerprint density at radius 1 is 1.67 bits per heavy atom. The van der Waals surface area contributed by atoms with Crippen molar-refractivity contribution in [2.75, 3.05) is 18.1 Å². The van der Waals surface area contributed by atoms with Crippen LogP contribution in [0.5, 0.6) is 0 Å². The second kappa shape index (κ2) is 7.17. The smallest absolute Gasteiger partial charge is 0.317 e. The lowest BCUT2D eigenvalue weighted by Gasteiger charge is -2.35. The Hall–Kier alpha value is -1.35. The number of rotatable bonds is 4. The van der Waals surface area contributed by atoms with E-state index in [1.807, 2.05) is 6.92 Å². The van der Waals surface area contributed by atoms with Crippen LogP contribution >= 0.6 is 11.8 Å². The van der Waals surface area contributed by atoms with Gasteiger partial charge in [0.15, 0.2) is 0 Å². The summed E-state index contributed by atoms with van der Waals surface area (Å²) in [5, 5.41) is 11.6. The van der Waals surface area contributed by atoms with E-state index in [1.165, 1.54) is 0 Å². The molecule has 100 valence electrons. The third-order valence-corrected chi connectivity index (χ3v) is 3.78. The average Bonchev–Trinajstić information content (AvgIpc) is 2.28. The summed E-state index contributed by atoms with van der Waals surface area (Å²) in [6.45, 7) is 2.42. The van der Waals surface area contributed by atoms with Crippen LogP contribution in [0.1, 0.15) is 19.8 Å². The Labute approximate surface area is 111 Å². The summed E-state index contributed by atoms with van der Waals surface area (Å²) in [7, 11) is 0. The van der Waals surface area contributed by atoms with E-state index in [4.69, 9.17) is 11.5 Å². The quantitative estimate of drug-likeness (QED) is 0.748. The maximum absolute atomic E-state index is 12.0. The number of thioether (sulfide) groups is 1. The summed E-state index contributed by atoms with van der Waals surface area (Å²) >= 11 is 1.68. The van der Waals surface area contributed by atoms with Crippen LogP contribution in [0.3, 0.4) is 0 Å². The highest BCUT2D eigenvalue weighted by Gasteiger charge is 2.29. The molecule has 2 amide bonds. The third-order valence-electron chi connectivity index (χ3n) is 2.69. The summed E-state index contributed by atoms with van der Waals surface area (Å²) in [6.07, 6.45) is 5.64. The summed E-state index contributed by atoms with van der Waals surface area (Å²) < 4.78 is 0. The molecule has 0 aromatic rings. The molecule has 18 heavy (non-hydrogen) atoms. The molecule has 0 radical (unpaired) electrons. The van der Waals surface area contributed by atoms with Crippen molar-refractivity contribution < 1.29 is 14.7 Å². The van der Waals surface area contributed by atoms with Crippen LogP contribution < -0.4 is 5.32 Å². The number of aliphatic carboxylic acids is 1. The van der Waals surface area contributed by atoms with E-state index in [2.05, 4.69) is 11.2 Å². The zero-order valence-electron chi connectivity index (χ0n) is 10.4. The molecule has 5 nitrogen and oxygen atoms in total. The predicted octanol–water partition coefficient (Wildman–Crippen LogP) is 1.000. The minimum atomic E-state index is -0.878. The number of carboxylic acids is 1. The largest absolute Gasteiger partial charge is 0.481 e. The molecule has 1 heterocycles. The molecule has 0 aromatic heterocycles. The summed E-state index contributed by atoms with van der Waals surface area (Å²) in [6, 6.07) is -0.550. The standard InChI is InChI=1S/C12H18N2O3S/c1-3-4-9(2)13-12(17)14-5-6-18-8-10(14)7-11(15)16/h1,9-10H,4-8H2,2H3,(H,13,17)(H,15,16). The van der Waals surface area contributed by atoms with E-state index in [9.17, 15) is 9.59 Å². The van der Waals surface area contributed by atoms with Gasteiger partial charge in [0.2, 0.25) is 0 Å². The van der Waals surface area contributed by atoms with Crippen molar-refractivity contribution in [2.45, 2.75) is 31.8 Å². The van der Waals surface area contributed by atoms with Gasteiger partial charge >= 0.3 is 12.0 Å². The van der Waals surface area contributed by atoms with Crippen molar-refractivity contribution in [1.29, 1.82) is 0 Å². The molecule has 2 atom stereocenters. The van der Waals surface area contributed by atoms with Crippen LogP contribution in [0.15, 0.2) is 0 Å². The van der Waals surface area contributed by atoms with E-state index in [1.54, 1.807) is 16.7 Å². The molecule has 1 saturated heterocycles. The Morgan fingerprint density at radius 3 is 3.00 bits per heavy atom. The highest BCUT2D eigenvalue weighted by Crippen LogP contribution is 2.19. The summed E-state index contributed by atoms with van der Waals surface area (Å²) in [5.41, 5.74) is 0. The van der Waals surface area contributed by atoms with Crippen LogP contribution in [-0.4, -0.2) is 52.1 Å². The van der Waals surface area contributed by atoms with Gasteiger partial charge in [-0.05, 0) is 6.92 Å². The number of nitrogens with one attached hydrogen (secondary N) is 1. The van der Waals surface area contributed by atoms with E-state index < -0.39 is 5.97 Å². The Kier molecular flexibility index (Phi) is 5.86. The van der Waals surface area contributed by atoms with Crippen molar-refractivity contribution >= 4 is 23.8 Å². The average molecular weight is 270 g/mol. The number of terminal acetylenes is 1. The lowest BCUT2D eigenvalue weighted by atomic mass is 10.2. The number of carbonyl (C=O) groups excluding carboxylic acids is 1.